The van der Waals surface area contributed by atoms with Crippen molar-refractivity contribution < 1.29 is 14.3 Å². The van der Waals surface area contributed by atoms with E-state index in [4.69, 9.17) is 9.47 Å². The summed E-state index contributed by atoms with van der Waals surface area (Å²) in [5.74, 6) is 0.666. The number of guanidine groups is 1. The van der Waals surface area contributed by atoms with E-state index in [0.717, 1.165) is 43.9 Å². The molecule has 0 saturated carbocycles. The molecule has 144 valence electrons. The third-order valence-corrected chi connectivity index (χ3v) is 4.20. The number of amides is 1. The molecule has 1 amide bonds. The third-order valence-electron chi connectivity index (χ3n) is 4.20. The van der Waals surface area contributed by atoms with E-state index in [9.17, 15) is 4.79 Å². The molecular formula is C19H30N4O3. The molecule has 2 rings (SSSR count). The van der Waals surface area contributed by atoms with Crippen molar-refractivity contribution in [3.8, 4) is 0 Å². The quantitative estimate of drug-likeness (QED) is 0.350. The van der Waals surface area contributed by atoms with Gasteiger partial charge in [-0.2, -0.15) is 0 Å². The minimum absolute atomic E-state index is 0.0653. The Morgan fingerprint density at radius 2 is 2.23 bits per heavy atom. The summed E-state index contributed by atoms with van der Waals surface area (Å²) in [5.41, 5.74) is 1.68. The summed E-state index contributed by atoms with van der Waals surface area (Å²) in [5, 5.41) is 9.43. The number of carbonyl (C=O) groups is 1. The molecule has 26 heavy (non-hydrogen) atoms. The first-order valence-corrected chi connectivity index (χ1v) is 9.15. The minimum atomic E-state index is -0.0653. The maximum atomic E-state index is 12.3. The summed E-state index contributed by atoms with van der Waals surface area (Å²) in [6, 6.07) is 7.61. The van der Waals surface area contributed by atoms with Gasteiger partial charge >= 0.3 is 0 Å². The molecule has 0 bridgehead atoms. The number of methoxy groups -OCH3 is 1. The average molecular weight is 362 g/mol. The van der Waals surface area contributed by atoms with E-state index in [-0.39, 0.29) is 12.0 Å². The van der Waals surface area contributed by atoms with Crippen molar-refractivity contribution in [2.75, 3.05) is 40.5 Å². The van der Waals surface area contributed by atoms with Crippen LogP contribution in [0, 0.1) is 0 Å². The van der Waals surface area contributed by atoms with Crippen molar-refractivity contribution >= 4 is 11.9 Å². The predicted molar refractivity (Wildman–Crippen MR) is 102 cm³/mol. The fourth-order valence-electron chi connectivity index (χ4n) is 2.77. The number of nitrogens with one attached hydrogen (secondary N) is 3. The van der Waals surface area contributed by atoms with Crippen LogP contribution in [0.25, 0.3) is 0 Å². The van der Waals surface area contributed by atoms with Crippen LogP contribution < -0.4 is 16.0 Å². The first-order chi connectivity index (χ1) is 12.7. The number of rotatable bonds is 9. The highest BCUT2D eigenvalue weighted by atomic mass is 16.5. The Labute approximate surface area is 155 Å². The van der Waals surface area contributed by atoms with Crippen molar-refractivity contribution in [3.63, 3.8) is 0 Å². The highest BCUT2D eigenvalue weighted by Crippen LogP contribution is 2.11. The molecule has 1 heterocycles. The SMILES string of the molecule is CN=C(NCCCOC)NCc1cccc(C(=O)NCC2CCCO2)c1. The van der Waals surface area contributed by atoms with Gasteiger partial charge in [-0.05, 0) is 37.0 Å². The van der Waals surface area contributed by atoms with Crippen LogP contribution in [0.3, 0.4) is 0 Å². The molecule has 1 fully saturated rings. The van der Waals surface area contributed by atoms with Gasteiger partial charge < -0.3 is 25.4 Å². The second-order valence-corrected chi connectivity index (χ2v) is 6.24. The van der Waals surface area contributed by atoms with Gasteiger partial charge in [-0.1, -0.05) is 12.1 Å². The fraction of sp³-hybridized carbons (Fsp3) is 0.579. The number of hydrogen-bond acceptors (Lipinski definition) is 4. The van der Waals surface area contributed by atoms with Crippen LogP contribution >= 0.6 is 0 Å². The van der Waals surface area contributed by atoms with Crippen LogP contribution in [-0.4, -0.2) is 58.4 Å². The molecule has 1 saturated heterocycles. The number of nitrogens with zero attached hydrogens (tertiary/aromatic N) is 1. The highest BCUT2D eigenvalue weighted by Gasteiger charge is 2.16. The molecule has 0 aromatic heterocycles. The monoisotopic (exact) mass is 362 g/mol. The van der Waals surface area contributed by atoms with Crippen molar-refractivity contribution in [2.45, 2.75) is 31.9 Å². The lowest BCUT2D eigenvalue weighted by Crippen LogP contribution is -2.37. The molecule has 1 aliphatic heterocycles. The van der Waals surface area contributed by atoms with Crippen molar-refractivity contribution in [3.05, 3.63) is 35.4 Å². The second kappa shape index (κ2) is 11.5. The molecule has 1 aliphatic rings. The predicted octanol–water partition coefficient (Wildman–Crippen LogP) is 1.30. The molecule has 7 nitrogen and oxygen atoms in total. The zero-order valence-corrected chi connectivity index (χ0v) is 15.7. The van der Waals surface area contributed by atoms with Crippen LogP contribution in [0.5, 0.6) is 0 Å². The summed E-state index contributed by atoms with van der Waals surface area (Å²) >= 11 is 0. The van der Waals surface area contributed by atoms with Crippen LogP contribution in [0.15, 0.2) is 29.3 Å². The average Bonchev–Trinajstić information content (AvgIpc) is 3.19. The molecule has 1 unspecified atom stereocenters. The molecule has 1 aromatic carbocycles. The van der Waals surface area contributed by atoms with Crippen molar-refractivity contribution in [1.29, 1.82) is 0 Å². The van der Waals surface area contributed by atoms with Crippen LogP contribution in [0.2, 0.25) is 0 Å². The number of carbonyl (C=O) groups excluding carboxylic acids is 1. The summed E-state index contributed by atoms with van der Waals surface area (Å²) in [4.78, 5) is 16.5. The Hall–Kier alpha value is -2.12. The summed E-state index contributed by atoms with van der Waals surface area (Å²) in [6.07, 6.45) is 3.15. The van der Waals surface area contributed by atoms with E-state index in [1.165, 1.54) is 0 Å². The van der Waals surface area contributed by atoms with Gasteiger partial charge in [0, 0.05) is 52.6 Å². The molecule has 1 aromatic rings. The number of ether oxygens (including phenoxy) is 2. The van der Waals surface area contributed by atoms with E-state index in [0.29, 0.717) is 25.3 Å². The Balaban J connectivity index is 1.78. The summed E-state index contributed by atoms with van der Waals surface area (Å²) in [6.45, 7) is 3.46. The van der Waals surface area contributed by atoms with Crippen LogP contribution in [0.1, 0.15) is 35.2 Å². The van der Waals surface area contributed by atoms with Crippen LogP contribution in [0.4, 0.5) is 0 Å². The first-order valence-electron chi connectivity index (χ1n) is 9.15. The molecule has 3 N–H and O–H groups in total. The van der Waals surface area contributed by atoms with E-state index in [1.54, 1.807) is 14.2 Å². The van der Waals surface area contributed by atoms with Crippen molar-refractivity contribution in [1.82, 2.24) is 16.0 Å². The maximum absolute atomic E-state index is 12.3. The Morgan fingerprint density at radius 3 is 2.96 bits per heavy atom. The lowest BCUT2D eigenvalue weighted by Gasteiger charge is -2.13. The molecule has 0 aliphatic carbocycles. The number of benzene rings is 1. The normalized spacial score (nSPS) is 17.2. The molecule has 0 radical (unpaired) electrons. The Morgan fingerprint density at radius 1 is 1.35 bits per heavy atom. The summed E-state index contributed by atoms with van der Waals surface area (Å²) < 4.78 is 10.6. The molecule has 7 heteroatoms. The molecular weight excluding hydrogens is 332 g/mol. The van der Waals surface area contributed by atoms with E-state index in [1.807, 2.05) is 24.3 Å². The van der Waals surface area contributed by atoms with Gasteiger partial charge in [-0.25, -0.2) is 0 Å². The van der Waals surface area contributed by atoms with Crippen LogP contribution in [-0.2, 0) is 16.0 Å². The van der Waals surface area contributed by atoms with Gasteiger partial charge in [0.1, 0.15) is 0 Å². The largest absolute Gasteiger partial charge is 0.385 e. The van der Waals surface area contributed by atoms with Gasteiger partial charge in [0.2, 0.25) is 0 Å². The van der Waals surface area contributed by atoms with Gasteiger partial charge in [0.25, 0.3) is 5.91 Å². The van der Waals surface area contributed by atoms with Crippen molar-refractivity contribution in [2.24, 2.45) is 4.99 Å². The van der Waals surface area contributed by atoms with E-state index >= 15 is 0 Å². The van der Waals surface area contributed by atoms with Gasteiger partial charge in [0.15, 0.2) is 5.96 Å². The van der Waals surface area contributed by atoms with Gasteiger partial charge in [-0.15, -0.1) is 0 Å². The zero-order valence-electron chi connectivity index (χ0n) is 15.7. The Bertz CT molecular complexity index is 586. The first kappa shape index (κ1) is 20.2. The molecule has 0 spiro atoms. The lowest BCUT2D eigenvalue weighted by atomic mass is 10.1. The maximum Gasteiger partial charge on any atom is 0.251 e. The highest BCUT2D eigenvalue weighted by molar-refractivity contribution is 5.94. The van der Waals surface area contributed by atoms with E-state index in [2.05, 4.69) is 20.9 Å². The Kier molecular flexibility index (Phi) is 8.92. The third kappa shape index (κ3) is 7.01. The standard InChI is InChI=1S/C19H30N4O3/c1-20-19(21-9-5-10-25-2)23-13-15-6-3-7-16(12-15)18(24)22-14-17-8-4-11-26-17/h3,6-7,12,17H,4-5,8-11,13-14H2,1-2H3,(H,22,24)(H2,20,21,23). The second-order valence-electron chi connectivity index (χ2n) is 6.24. The summed E-state index contributed by atoms with van der Waals surface area (Å²) in [7, 11) is 3.43. The van der Waals surface area contributed by atoms with E-state index < -0.39 is 0 Å². The van der Waals surface area contributed by atoms with Gasteiger partial charge in [0.05, 0.1) is 6.10 Å². The number of aliphatic imine (C=N–C) groups is 1. The minimum Gasteiger partial charge on any atom is -0.385 e. The molecule has 1 atom stereocenters. The smallest absolute Gasteiger partial charge is 0.251 e. The fourth-order valence-corrected chi connectivity index (χ4v) is 2.77. The van der Waals surface area contributed by atoms with Gasteiger partial charge in [-0.3, -0.25) is 9.79 Å². The number of hydrogen-bond donors (Lipinski definition) is 3. The zero-order chi connectivity index (χ0) is 18.6. The lowest BCUT2D eigenvalue weighted by molar-refractivity contribution is 0.0857. The topological polar surface area (TPSA) is 84.0 Å².